The number of rotatable bonds is 0. The summed E-state index contributed by atoms with van der Waals surface area (Å²) in [7, 11) is 0. The first-order valence-corrected chi connectivity index (χ1v) is 11.8. The van der Waals surface area contributed by atoms with E-state index in [0.29, 0.717) is 11.7 Å². The molecule has 0 saturated carbocycles. The molecule has 37 heavy (non-hydrogen) atoms. The molecule has 0 amide bonds. The number of fused-ring (bicyclic) bond motifs is 13. The smallest absolute Gasteiger partial charge is 0.657 e. The minimum absolute atomic E-state index is 0. The maximum Gasteiger partial charge on any atom is 2.00 e. The zero-order chi connectivity index (χ0) is 23.4. The van der Waals surface area contributed by atoms with Crippen LogP contribution in [0.5, 0.6) is 0 Å². The van der Waals surface area contributed by atoms with Crippen molar-refractivity contribution >= 4 is 44.6 Å². The van der Waals surface area contributed by atoms with Gasteiger partial charge in [0.15, 0.2) is 11.7 Å². The van der Waals surface area contributed by atoms with Gasteiger partial charge in [0.05, 0.1) is 22.1 Å². The Bertz CT molecular complexity index is 2310. The van der Waals surface area contributed by atoms with Crippen molar-refractivity contribution in [1.29, 1.82) is 0 Å². The third-order valence-electron chi connectivity index (χ3n) is 7.17. The summed E-state index contributed by atoms with van der Waals surface area (Å²) in [6, 6.07) is 28.8. The van der Waals surface area contributed by atoms with Crippen molar-refractivity contribution in [3.63, 3.8) is 0 Å². The molecule has 7 heteroatoms. The Hall–Kier alpha value is -4.41. The molecule has 0 aliphatic carbocycles. The fraction of sp³-hybridized carbons (Fsp3) is 0. The molecule has 0 spiro atoms. The van der Waals surface area contributed by atoms with Crippen LogP contribution in [0.2, 0.25) is 0 Å². The standard InChI is InChI=1S/C30H14N6.Pt/c1-3-9-17-15(7-1)23-19-11-5-13-21-25(19)35-29(31-21)30-32-22-14-6-12-20(26(22)36-30)24-16-8-2-4-10-18(16)28(34-24)27(17)33-23;/h1-14H;/q-2;+2. The molecule has 0 fully saturated rings. The number of hydrogen-bond acceptors (Lipinski definition) is 4. The van der Waals surface area contributed by atoms with Crippen LogP contribution in [0.15, 0.2) is 105 Å². The van der Waals surface area contributed by atoms with Crippen molar-refractivity contribution in [2.24, 2.45) is 20.0 Å². The molecule has 6 nitrogen and oxygen atoms in total. The number of amidine groups is 2. The molecule has 174 valence electrons. The molecule has 0 N–H and O–H groups in total. The van der Waals surface area contributed by atoms with Gasteiger partial charge in [-0.1, -0.05) is 72.8 Å². The first-order chi connectivity index (χ1) is 17.8. The number of nitrogens with zero attached hydrogens (tertiary/aromatic N) is 6. The SMILES string of the molecule is [Pt+2].c1cc2c3c(c1)=c1[n-]c(c4ccccc14)=c1[n-]c(c4ccccc14)=c1cccc4c1=NC(=N4)C(=N2)N=3. The molecule has 9 rings (SSSR count). The maximum atomic E-state index is 5.23. The summed E-state index contributed by atoms with van der Waals surface area (Å²) < 4.78 is 0. The minimum atomic E-state index is 0. The van der Waals surface area contributed by atoms with Crippen LogP contribution in [0.25, 0.3) is 21.5 Å². The van der Waals surface area contributed by atoms with Crippen molar-refractivity contribution in [3.05, 3.63) is 127 Å². The van der Waals surface area contributed by atoms with Crippen molar-refractivity contribution in [2.45, 2.75) is 0 Å². The largest absolute Gasteiger partial charge is 2.00 e. The van der Waals surface area contributed by atoms with Gasteiger partial charge in [-0.25, -0.2) is 20.0 Å². The van der Waals surface area contributed by atoms with E-state index in [0.717, 1.165) is 75.5 Å². The van der Waals surface area contributed by atoms with Crippen molar-refractivity contribution in [2.75, 3.05) is 0 Å². The Kier molecular flexibility index (Phi) is 4.10. The molecule has 3 aliphatic rings. The van der Waals surface area contributed by atoms with Crippen LogP contribution >= 0.6 is 0 Å². The van der Waals surface area contributed by atoms with E-state index in [1.807, 2.05) is 24.3 Å². The topological polar surface area (TPSA) is 77.6 Å². The summed E-state index contributed by atoms with van der Waals surface area (Å²) in [4.78, 5) is 29.9. The van der Waals surface area contributed by atoms with Crippen LogP contribution in [0.1, 0.15) is 0 Å². The Labute approximate surface area is 222 Å². The van der Waals surface area contributed by atoms with E-state index in [4.69, 9.17) is 29.9 Å². The number of hydrogen-bond donors (Lipinski definition) is 0. The Balaban J connectivity index is 0.00000215. The first-order valence-electron chi connectivity index (χ1n) is 11.8. The summed E-state index contributed by atoms with van der Waals surface area (Å²) >= 11 is 0. The molecule has 8 bridgehead atoms. The molecule has 3 aliphatic heterocycles. The molecule has 2 aromatic heterocycles. The van der Waals surface area contributed by atoms with E-state index in [1.54, 1.807) is 0 Å². The number of para-hydroxylation sites is 2. The zero-order valence-corrected chi connectivity index (χ0v) is 21.4. The molecule has 0 unspecified atom stereocenters. The van der Waals surface area contributed by atoms with Gasteiger partial charge in [0.1, 0.15) is 0 Å². The van der Waals surface area contributed by atoms with Crippen molar-refractivity contribution < 1.29 is 21.1 Å². The monoisotopic (exact) mass is 653 g/mol. The Morgan fingerprint density at radius 3 is 1.24 bits per heavy atom. The van der Waals surface area contributed by atoms with Gasteiger partial charge in [0, 0.05) is 0 Å². The van der Waals surface area contributed by atoms with E-state index in [9.17, 15) is 0 Å². The predicted molar refractivity (Wildman–Crippen MR) is 137 cm³/mol. The number of aliphatic imine (C=N–C) groups is 2. The third kappa shape index (κ3) is 2.68. The van der Waals surface area contributed by atoms with Crippen LogP contribution in [0.4, 0.5) is 11.4 Å². The molecular formula is C30H14N6Pt. The van der Waals surface area contributed by atoms with Crippen LogP contribution in [-0.4, -0.2) is 11.7 Å². The summed E-state index contributed by atoms with van der Waals surface area (Å²) in [5.74, 6) is 1.04. The molecule has 0 atom stereocenters. The average molecular weight is 654 g/mol. The van der Waals surface area contributed by atoms with Gasteiger partial charge < -0.3 is 9.97 Å². The molecule has 0 saturated heterocycles. The van der Waals surface area contributed by atoms with E-state index in [-0.39, 0.29) is 21.1 Å². The van der Waals surface area contributed by atoms with Crippen LogP contribution < -0.4 is 20.7 Å². The van der Waals surface area contributed by atoms with Gasteiger partial charge in [-0.05, 0) is 44.1 Å². The van der Waals surface area contributed by atoms with Gasteiger partial charge in [0.25, 0.3) is 0 Å². The Morgan fingerprint density at radius 1 is 0.405 bits per heavy atom. The summed E-state index contributed by atoms with van der Waals surface area (Å²) in [6.45, 7) is 0. The molecule has 5 heterocycles. The number of benzene rings is 4. The van der Waals surface area contributed by atoms with E-state index < -0.39 is 0 Å². The molecule has 0 radical (unpaired) electrons. The van der Waals surface area contributed by atoms with Crippen molar-refractivity contribution in [1.82, 2.24) is 9.97 Å². The minimum Gasteiger partial charge on any atom is -0.657 e. The summed E-state index contributed by atoms with van der Waals surface area (Å²) in [5, 5.41) is 11.3. The fourth-order valence-electron chi connectivity index (χ4n) is 5.58. The molecule has 4 aromatic carbocycles. The van der Waals surface area contributed by atoms with Crippen LogP contribution in [-0.2, 0) is 21.1 Å². The Morgan fingerprint density at radius 2 is 0.811 bits per heavy atom. The zero-order valence-electron chi connectivity index (χ0n) is 19.1. The van der Waals surface area contributed by atoms with E-state index in [2.05, 4.69) is 60.7 Å². The summed E-state index contributed by atoms with van der Waals surface area (Å²) in [6.07, 6.45) is 0. The predicted octanol–water partition coefficient (Wildman–Crippen LogP) is 4.11. The van der Waals surface area contributed by atoms with Crippen LogP contribution in [0, 0.1) is 31.8 Å². The van der Waals surface area contributed by atoms with Gasteiger partial charge in [0.2, 0.25) is 0 Å². The molecular weight excluding hydrogens is 639 g/mol. The number of aromatic nitrogens is 2. The molecule has 6 aromatic rings. The summed E-state index contributed by atoms with van der Waals surface area (Å²) in [5.41, 5.74) is 1.61. The second-order valence-corrected chi connectivity index (χ2v) is 9.15. The maximum absolute atomic E-state index is 5.23. The van der Waals surface area contributed by atoms with Gasteiger partial charge in [-0.15, -0.1) is 21.4 Å². The quantitative estimate of drug-likeness (QED) is 0.248. The van der Waals surface area contributed by atoms with E-state index >= 15 is 0 Å². The van der Waals surface area contributed by atoms with Crippen LogP contribution in [0.3, 0.4) is 0 Å². The average Bonchev–Trinajstić information content (AvgIpc) is 3.69. The van der Waals surface area contributed by atoms with Crippen molar-refractivity contribution in [3.8, 4) is 0 Å². The second-order valence-electron chi connectivity index (χ2n) is 9.15. The van der Waals surface area contributed by atoms with Gasteiger partial charge in [-0.3, -0.25) is 0 Å². The van der Waals surface area contributed by atoms with Gasteiger partial charge in [-0.2, -0.15) is 0 Å². The second kappa shape index (κ2) is 7.31. The first kappa shape index (κ1) is 20.7. The third-order valence-corrected chi connectivity index (χ3v) is 7.17. The fourth-order valence-corrected chi connectivity index (χ4v) is 5.58. The van der Waals surface area contributed by atoms with Gasteiger partial charge >= 0.3 is 21.1 Å². The normalized spacial score (nSPS) is 13.9. The van der Waals surface area contributed by atoms with E-state index in [1.165, 1.54) is 0 Å².